The number of ether oxygens (including phenoxy) is 1. The average molecular weight is 345 g/mol. The Labute approximate surface area is 150 Å². The number of aromatic nitrogens is 2. The van der Waals surface area contributed by atoms with Crippen LogP contribution in [0, 0.1) is 11.3 Å². The fourth-order valence-electron chi connectivity index (χ4n) is 2.21. The van der Waals surface area contributed by atoms with Gasteiger partial charge in [0, 0.05) is 29.8 Å². The van der Waals surface area contributed by atoms with E-state index in [9.17, 15) is 4.79 Å². The van der Waals surface area contributed by atoms with Crippen molar-refractivity contribution >= 4 is 23.2 Å². The van der Waals surface area contributed by atoms with Gasteiger partial charge in [0.05, 0.1) is 24.3 Å². The molecule has 0 aliphatic rings. The lowest BCUT2D eigenvalue weighted by Gasteiger charge is -2.08. The number of hydrogen-bond acceptors (Lipinski definition) is 6. The van der Waals surface area contributed by atoms with E-state index < -0.39 is 0 Å². The van der Waals surface area contributed by atoms with E-state index in [1.807, 2.05) is 30.3 Å². The summed E-state index contributed by atoms with van der Waals surface area (Å²) < 4.78 is 5.16. The van der Waals surface area contributed by atoms with Crippen molar-refractivity contribution in [1.82, 2.24) is 9.97 Å². The van der Waals surface area contributed by atoms with Crippen LogP contribution in [0.25, 0.3) is 0 Å². The molecule has 2 aromatic carbocycles. The van der Waals surface area contributed by atoms with Crippen LogP contribution in [0.1, 0.15) is 15.9 Å². The Hall–Kier alpha value is -3.92. The number of methoxy groups -OCH3 is 1. The lowest BCUT2D eigenvalue weighted by molar-refractivity contribution is 0.102. The fraction of sp³-hybridized carbons (Fsp3) is 0.0526. The molecule has 0 atom stereocenters. The molecule has 128 valence electrons. The van der Waals surface area contributed by atoms with Crippen molar-refractivity contribution in [2.75, 3.05) is 17.7 Å². The predicted molar refractivity (Wildman–Crippen MR) is 97.4 cm³/mol. The second-order valence-corrected chi connectivity index (χ2v) is 5.30. The molecule has 2 N–H and O–H groups in total. The van der Waals surface area contributed by atoms with Crippen LogP contribution in [0.3, 0.4) is 0 Å². The maximum atomic E-state index is 12.3. The smallest absolute Gasteiger partial charge is 0.258 e. The molecule has 0 bridgehead atoms. The Kier molecular flexibility index (Phi) is 5.05. The first-order valence-electron chi connectivity index (χ1n) is 7.72. The van der Waals surface area contributed by atoms with E-state index in [0.717, 1.165) is 5.69 Å². The zero-order valence-corrected chi connectivity index (χ0v) is 13.9. The molecular formula is C19H15N5O2. The maximum absolute atomic E-state index is 12.3. The van der Waals surface area contributed by atoms with Crippen LogP contribution in [0.15, 0.2) is 60.9 Å². The minimum Gasteiger partial charge on any atom is -0.497 e. The van der Waals surface area contributed by atoms with E-state index in [0.29, 0.717) is 28.5 Å². The number of anilines is 3. The van der Waals surface area contributed by atoms with Crippen molar-refractivity contribution in [2.24, 2.45) is 0 Å². The number of rotatable bonds is 5. The second-order valence-electron chi connectivity index (χ2n) is 5.30. The monoisotopic (exact) mass is 345 g/mol. The van der Waals surface area contributed by atoms with Gasteiger partial charge in [-0.05, 0) is 30.3 Å². The largest absolute Gasteiger partial charge is 0.497 e. The minimum atomic E-state index is -0.354. The summed E-state index contributed by atoms with van der Waals surface area (Å²) in [5.41, 5.74) is 2.09. The first kappa shape index (κ1) is 16.9. The van der Waals surface area contributed by atoms with Crippen LogP contribution in [0.4, 0.5) is 17.3 Å². The fourth-order valence-corrected chi connectivity index (χ4v) is 2.21. The summed E-state index contributed by atoms with van der Waals surface area (Å²) in [6, 6.07) is 16.0. The number of carbonyl (C=O) groups excluding carboxylic acids is 1. The van der Waals surface area contributed by atoms with Crippen LogP contribution in [-0.2, 0) is 0 Å². The van der Waals surface area contributed by atoms with Gasteiger partial charge in [-0.25, -0.2) is 9.97 Å². The first-order valence-corrected chi connectivity index (χ1v) is 7.72. The molecule has 0 radical (unpaired) electrons. The topological polar surface area (TPSA) is 99.9 Å². The Bertz CT molecular complexity index is 964. The highest BCUT2D eigenvalue weighted by Crippen LogP contribution is 2.19. The molecule has 0 saturated carbocycles. The Morgan fingerprint density at radius 1 is 1.08 bits per heavy atom. The van der Waals surface area contributed by atoms with Gasteiger partial charge < -0.3 is 15.4 Å². The van der Waals surface area contributed by atoms with Crippen molar-refractivity contribution in [3.05, 3.63) is 72.1 Å². The molecule has 1 aromatic heterocycles. The number of nitrogens with zero attached hydrogens (tertiary/aromatic N) is 3. The normalized spacial score (nSPS) is 9.85. The maximum Gasteiger partial charge on any atom is 0.258 e. The van der Waals surface area contributed by atoms with Gasteiger partial charge in [0.2, 0.25) is 5.95 Å². The van der Waals surface area contributed by atoms with Crippen molar-refractivity contribution in [3.8, 4) is 11.8 Å². The third kappa shape index (κ3) is 4.13. The second kappa shape index (κ2) is 7.77. The Morgan fingerprint density at radius 3 is 2.54 bits per heavy atom. The van der Waals surface area contributed by atoms with Crippen LogP contribution in [0.5, 0.6) is 5.75 Å². The third-order valence-corrected chi connectivity index (χ3v) is 3.49. The number of nitrogens with one attached hydrogen (secondary N) is 2. The van der Waals surface area contributed by atoms with Gasteiger partial charge in [0.25, 0.3) is 5.91 Å². The molecule has 7 nitrogen and oxygen atoms in total. The lowest BCUT2D eigenvalue weighted by Crippen LogP contribution is -2.13. The van der Waals surface area contributed by atoms with E-state index >= 15 is 0 Å². The molecule has 26 heavy (non-hydrogen) atoms. The van der Waals surface area contributed by atoms with Gasteiger partial charge in [-0.15, -0.1) is 0 Å². The van der Waals surface area contributed by atoms with Crippen molar-refractivity contribution < 1.29 is 9.53 Å². The van der Waals surface area contributed by atoms with Gasteiger partial charge in [-0.1, -0.05) is 12.1 Å². The van der Waals surface area contributed by atoms with Crippen LogP contribution in [0.2, 0.25) is 0 Å². The molecule has 7 heteroatoms. The summed E-state index contributed by atoms with van der Waals surface area (Å²) in [4.78, 5) is 20.6. The molecule has 0 aliphatic heterocycles. The van der Waals surface area contributed by atoms with E-state index in [2.05, 4.69) is 20.6 Å². The van der Waals surface area contributed by atoms with Crippen LogP contribution in [-0.4, -0.2) is 23.0 Å². The summed E-state index contributed by atoms with van der Waals surface area (Å²) in [6.07, 6.45) is 2.86. The van der Waals surface area contributed by atoms with Gasteiger partial charge in [0.15, 0.2) is 0 Å². The Morgan fingerprint density at radius 2 is 1.81 bits per heavy atom. The van der Waals surface area contributed by atoms with Crippen LogP contribution < -0.4 is 15.4 Å². The summed E-state index contributed by atoms with van der Waals surface area (Å²) >= 11 is 0. The van der Waals surface area contributed by atoms with E-state index in [-0.39, 0.29) is 5.91 Å². The quantitative estimate of drug-likeness (QED) is 0.735. The molecule has 0 unspecified atom stereocenters. The highest BCUT2D eigenvalue weighted by molar-refractivity contribution is 6.04. The molecule has 0 aliphatic carbocycles. The molecule has 0 saturated heterocycles. The van der Waals surface area contributed by atoms with Gasteiger partial charge in [0.1, 0.15) is 5.75 Å². The standard InChI is InChI=1S/C19H15N5O2/c1-26-17-7-3-6-16(9-17)24-19-21-11-14(12-22-19)18(25)23-15-5-2-4-13(8-15)10-20/h2-9,11-12H,1H3,(H,23,25)(H,21,22,24). The van der Waals surface area contributed by atoms with Gasteiger partial charge >= 0.3 is 0 Å². The Balaban J connectivity index is 1.68. The molecule has 3 aromatic rings. The summed E-state index contributed by atoms with van der Waals surface area (Å²) in [5, 5.41) is 14.7. The average Bonchev–Trinajstić information content (AvgIpc) is 2.69. The lowest BCUT2D eigenvalue weighted by atomic mass is 10.2. The molecular weight excluding hydrogens is 330 g/mol. The predicted octanol–water partition coefficient (Wildman–Crippen LogP) is 3.35. The number of carbonyl (C=O) groups is 1. The first-order chi connectivity index (χ1) is 12.7. The van der Waals surface area contributed by atoms with Crippen molar-refractivity contribution in [3.63, 3.8) is 0 Å². The SMILES string of the molecule is COc1cccc(Nc2ncc(C(=O)Nc3cccc(C#N)c3)cn2)c1. The number of nitriles is 1. The van der Waals surface area contributed by atoms with E-state index in [4.69, 9.17) is 10.00 Å². The highest BCUT2D eigenvalue weighted by atomic mass is 16.5. The van der Waals surface area contributed by atoms with Gasteiger partial charge in [-0.2, -0.15) is 5.26 Å². The zero-order valence-electron chi connectivity index (χ0n) is 13.9. The van der Waals surface area contributed by atoms with E-state index in [1.54, 1.807) is 31.4 Å². The minimum absolute atomic E-state index is 0.309. The molecule has 3 rings (SSSR count). The zero-order chi connectivity index (χ0) is 18.4. The molecule has 0 spiro atoms. The number of amides is 1. The third-order valence-electron chi connectivity index (χ3n) is 3.49. The summed E-state index contributed by atoms with van der Waals surface area (Å²) in [6.45, 7) is 0. The number of hydrogen-bond donors (Lipinski definition) is 2. The molecule has 1 heterocycles. The summed E-state index contributed by atoms with van der Waals surface area (Å²) in [5.74, 6) is 0.722. The van der Waals surface area contributed by atoms with Crippen LogP contribution >= 0.6 is 0 Å². The van der Waals surface area contributed by atoms with Crippen molar-refractivity contribution in [1.29, 1.82) is 5.26 Å². The number of benzene rings is 2. The summed E-state index contributed by atoms with van der Waals surface area (Å²) in [7, 11) is 1.59. The van der Waals surface area contributed by atoms with Crippen molar-refractivity contribution in [2.45, 2.75) is 0 Å². The highest BCUT2D eigenvalue weighted by Gasteiger charge is 2.08. The molecule has 0 fully saturated rings. The molecule has 1 amide bonds. The van der Waals surface area contributed by atoms with Gasteiger partial charge in [-0.3, -0.25) is 4.79 Å². The van der Waals surface area contributed by atoms with E-state index in [1.165, 1.54) is 12.4 Å².